The summed E-state index contributed by atoms with van der Waals surface area (Å²) < 4.78 is 41.6. The van der Waals surface area contributed by atoms with Crippen molar-refractivity contribution in [1.29, 1.82) is 0 Å². The van der Waals surface area contributed by atoms with Crippen LogP contribution < -0.4 is 5.32 Å². The van der Waals surface area contributed by atoms with Crippen molar-refractivity contribution in [2.24, 2.45) is 0 Å². The first-order valence-corrected chi connectivity index (χ1v) is 8.90. The largest absolute Gasteiger partial charge is 0.418 e. The second kappa shape index (κ2) is 7.47. The number of fused-ring (bicyclic) bond motifs is 1. The summed E-state index contributed by atoms with van der Waals surface area (Å²) in [4.78, 5) is 13.0. The molecule has 0 saturated carbocycles. The maximum Gasteiger partial charge on any atom is 0.418 e. The molecular formula is C21H21F3N2O. The molecule has 142 valence electrons. The van der Waals surface area contributed by atoms with E-state index in [2.05, 4.69) is 12.2 Å². The van der Waals surface area contributed by atoms with Crippen molar-refractivity contribution in [1.82, 2.24) is 4.57 Å². The SMILES string of the molecule is CCCCn1c(C(=O)Nc2ccccc2C(F)(F)F)c(C)c2ccccc21. The number of para-hydroxylation sites is 2. The normalized spacial score (nSPS) is 11.7. The Morgan fingerprint density at radius 1 is 1.07 bits per heavy atom. The van der Waals surface area contributed by atoms with E-state index in [1.165, 1.54) is 18.2 Å². The number of rotatable bonds is 5. The van der Waals surface area contributed by atoms with Gasteiger partial charge >= 0.3 is 6.18 Å². The molecule has 0 saturated heterocycles. The third kappa shape index (κ3) is 3.70. The second-order valence-electron chi connectivity index (χ2n) is 6.49. The first kappa shape index (κ1) is 19.0. The number of alkyl halides is 3. The van der Waals surface area contributed by atoms with Gasteiger partial charge in [0.1, 0.15) is 5.69 Å². The Hall–Kier alpha value is -2.76. The zero-order chi connectivity index (χ0) is 19.6. The molecule has 0 radical (unpaired) electrons. The summed E-state index contributed by atoms with van der Waals surface area (Å²) >= 11 is 0. The topological polar surface area (TPSA) is 34.0 Å². The van der Waals surface area contributed by atoms with E-state index in [1.54, 1.807) is 0 Å². The first-order chi connectivity index (χ1) is 12.8. The highest BCUT2D eigenvalue weighted by molar-refractivity contribution is 6.08. The standard InChI is InChI=1S/C21H21F3N2O/c1-3-4-13-26-18-12-8-5-9-15(18)14(2)19(26)20(27)25-17-11-7-6-10-16(17)21(22,23)24/h5-12H,3-4,13H2,1-2H3,(H,25,27). The lowest BCUT2D eigenvalue weighted by atomic mass is 10.1. The van der Waals surface area contributed by atoms with Gasteiger partial charge in [-0.25, -0.2) is 0 Å². The van der Waals surface area contributed by atoms with Crippen molar-refractivity contribution in [2.45, 2.75) is 39.4 Å². The predicted molar refractivity (Wildman–Crippen MR) is 101 cm³/mol. The van der Waals surface area contributed by atoms with Crippen molar-refractivity contribution in [3.05, 3.63) is 65.4 Å². The predicted octanol–water partition coefficient (Wildman–Crippen LogP) is 6.02. The van der Waals surface area contributed by atoms with Gasteiger partial charge in [-0.05, 0) is 37.1 Å². The van der Waals surface area contributed by atoms with Crippen LogP contribution in [-0.2, 0) is 12.7 Å². The zero-order valence-corrected chi connectivity index (χ0v) is 15.2. The van der Waals surface area contributed by atoms with Crippen LogP contribution in [0.5, 0.6) is 0 Å². The molecule has 3 aromatic rings. The molecule has 3 nitrogen and oxygen atoms in total. The molecule has 0 spiro atoms. The molecule has 0 aliphatic rings. The molecule has 27 heavy (non-hydrogen) atoms. The fraction of sp³-hybridized carbons (Fsp3) is 0.286. The fourth-order valence-electron chi connectivity index (χ4n) is 3.34. The number of amides is 1. The number of nitrogens with one attached hydrogen (secondary N) is 1. The number of hydrogen-bond donors (Lipinski definition) is 1. The smallest absolute Gasteiger partial charge is 0.336 e. The number of anilines is 1. The number of carbonyl (C=O) groups excluding carboxylic acids is 1. The summed E-state index contributed by atoms with van der Waals surface area (Å²) in [7, 11) is 0. The van der Waals surface area contributed by atoms with E-state index in [0.29, 0.717) is 12.2 Å². The van der Waals surface area contributed by atoms with Gasteiger partial charge < -0.3 is 9.88 Å². The van der Waals surface area contributed by atoms with E-state index in [0.717, 1.165) is 35.4 Å². The van der Waals surface area contributed by atoms with Gasteiger partial charge in [0.2, 0.25) is 0 Å². The minimum atomic E-state index is -4.53. The minimum Gasteiger partial charge on any atom is -0.336 e. The van der Waals surface area contributed by atoms with Crippen molar-refractivity contribution in [3.63, 3.8) is 0 Å². The lowest BCUT2D eigenvalue weighted by molar-refractivity contribution is -0.136. The Labute approximate surface area is 155 Å². The second-order valence-corrected chi connectivity index (χ2v) is 6.49. The number of benzene rings is 2. The van der Waals surface area contributed by atoms with Crippen LogP contribution in [0.25, 0.3) is 10.9 Å². The third-order valence-corrected chi connectivity index (χ3v) is 4.65. The third-order valence-electron chi connectivity index (χ3n) is 4.65. The Balaban J connectivity index is 2.06. The molecule has 0 aliphatic carbocycles. The van der Waals surface area contributed by atoms with Crippen molar-refractivity contribution in [2.75, 3.05) is 5.32 Å². The van der Waals surface area contributed by atoms with Gasteiger partial charge in [-0.15, -0.1) is 0 Å². The number of aryl methyl sites for hydroxylation is 2. The van der Waals surface area contributed by atoms with E-state index >= 15 is 0 Å². The van der Waals surface area contributed by atoms with Gasteiger partial charge in [0.05, 0.1) is 11.3 Å². The lowest BCUT2D eigenvalue weighted by Gasteiger charge is -2.15. The van der Waals surface area contributed by atoms with Crippen LogP contribution in [0.15, 0.2) is 48.5 Å². The quantitative estimate of drug-likeness (QED) is 0.582. The van der Waals surface area contributed by atoms with Gasteiger partial charge in [-0.2, -0.15) is 13.2 Å². The van der Waals surface area contributed by atoms with Crippen molar-refractivity contribution >= 4 is 22.5 Å². The summed E-state index contributed by atoms with van der Waals surface area (Å²) in [6.07, 6.45) is -2.71. The molecule has 0 unspecified atom stereocenters. The number of carbonyl (C=O) groups is 1. The molecule has 0 fully saturated rings. The number of aromatic nitrogens is 1. The summed E-state index contributed by atoms with van der Waals surface area (Å²) in [5.74, 6) is -0.531. The Morgan fingerprint density at radius 2 is 1.74 bits per heavy atom. The monoisotopic (exact) mass is 374 g/mol. The van der Waals surface area contributed by atoms with Crippen LogP contribution in [-0.4, -0.2) is 10.5 Å². The van der Waals surface area contributed by atoms with E-state index in [1.807, 2.05) is 35.8 Å². The summed E-state index contributed by atoms with van der Waals surface area (Å²) in [6, 6.07) is 12.7. The van der Waals surface area contributed by atoms with Crippen LogP contribution in [0.3, 0.4) is 0 Å². The van der Waals surface area contributed by atoms with Gasteiger partial charge in [0.25, 0.3) is 5.91 Å². The summed E-state index contributed by atoms with van der Waals surface area (Å²) in [6.45, 7) is 4.52. The number of halogens is 3. The molecule has 2 aromatic carbocycles. The highest BCUT2D eigenvalue weighted by Crippen LogP contribution is 2.35. The number of unbranched alkanes of at least 4 members (excludes halogenated alkanes) is 1. The highest BCUT2D eigenvalue weighted by atomic mass is 19.4. The molecule has 3 rings (SSSR count). The minimum absolute atomic E-state index is 0.235. The average Bonchev–Trinajstić information content (AvgIpc) is 2.92. The molecule has 0 aliphatic heterocycles. The molecule has 1 amide bonds. The van der Waals surface area contributed by atoms with Gasteiger partial charge in [0.15, 0.2) is 0 Å². The van der Waals surface area contributed by atoms with Crippen molar-refractivity contribution < 1.29 is 18.0 Å². The van der Waals surface area contributed by atoms with E-state index in [9.17, 15) is 18.0 Å². The van der Waals surface area contributed by atoms with E-state index in [4.69, 9.17) is 0 Å². The molecule has 1 aromatic heterocycles. The number of hydrogen-bond acceptors (Lipinski definition) is 1. The molecule has 6 heteroatoms. The fourth-order valence-corrected chi connectivity index (χ4v) is 3.34. The van der Waals surface area contributed by atoms with E-state index in [-0.39, 0.29) is 5.69 Å². The molecule has 0 bridgehead atoms. The van der Waals surface area contributed by atoms with Crippen molar-refractivity contribution in [3.8, 4) is 0 Å². The lowest BCUT2D eigenvalue weighted by Crippen LogP contribution is -2.20. The first-order valence-electron chi connectivity index (χ1n) is 8.90. The van der Waals surface area contributed by atoms with Crippen LogP contribution >= 0.6 is 0 Å². The number of nitrogens with zero attached hydrogens (tertiary/aromatic N) is 1. The zero-order valence-electron chi connectivity index (χ0n) is 15.2. The molecule has 1 heterocycles. The van der Waals surface area contributed by atoms with E-state index < -0.39 is 17.6 Å². The molecular weight excluding hydrogens is 353 g/mol. The highest BCUT2D eigenvalue weighted by Gasteiger charge is 2.34. The maximum atomic E-state index is 13.2. The van der Waals surface area contributed by atoms with Gasteiger partial charge in [-0.3, -0.25) is 4.79 Å². The summed E-state index contributed by atoms with van der Waals surface area (Å²) in [5, 5.41) is 3.41. The molecule has 1 N–H and O–H groups in total. The van der Waals surface area contributed by atoms with Crippen LogP contribution in [0.2, 0.25) is 0 Å². The Morgan fingerprint density at radius 3 is 2.44 bits per heavy atom. The van der Waals surface area contributed by atoms with Gasteiger partial charge in [0, 0.05) is 17.4 Å². The Kier molecular flexibility index (Phi) is 5.26. The van der Waals surface area contributed by atoms with Crippen LogP contribution in [0.4, 0.5) is 18.9 Å². The summed E-state index contributed by atoms with van der Waals surface area (Å²) in [5.41, 5.74) is 0.997. The van der Waals surface area contributed by atoms with Crippen LogP contribution in [0.1, 0.15) is 41.4 Å². The molecule has 0 atom stereocenters. The Bertz CT molecular complexity index is 973. The average molecular weight is 374 g/mol. The maximum absolute atomic E-state index is 13.2. The van der Waals surface area contributed by atoms with Crippen LogP contribution in [0, 0.1) is 6.92 Å². The van der Waals surface area contributed by atoms with Gasteiger partial charge in [-0.1, -0.05) is 43.7 Å².